The topological polar surface area (TPSA) is 46.3 Å². The largest absolute Gasteiger partial charge is 0.416 e. The summed E-state index contributed by atoms with van der Waals surface area (Å²) in [5.74, 6) is -0.541. The van der Waals surface area contributed by atoms with Crippen LogP contribution in [-0.2, 0) is 17.5 Å². The van der Waals surface area contributed by atoms with Crippen molar-refractivity contribution in [1.29, 1.82) is 0 Å². The molecule has 6 heteroatoms. The average Bonchev–Trinajstić information content (AvgIpc) is 3.27. The van der Waals surface area contributed by atoms with Crippen molar-refractivity contribution >= 4 is 5.91 Å². The van der Waals surface area contributed by atoms with Gasteiger partial charge in [0.25, 0.3) is 0 Å². The Morgan fingerprint density at radius 1 is 1.38 bits per heavy atom. The minimum atomic E-state index is -4.41. The molecule has 1 amide bonds. The highest BCUT2D eigenvalue weighted by Gasteiger charge is 2.37. The minimum Gasteiger partial charge on any atom is -0.335 e. The molecule has 1 saturated carbocycles. The molecule has 0 saturated heterocycles. The first-order valence-corrected chi connectivity index (χ1v) is 7.00. The Kier molecular flexibility index (Phi) is 4.56. The lowest BCUT2D eigenvalue weighted by molar-refractivity contribution is -0.141. The number of nitrogens with zero attached hydrogens (tertiary/aromatic N) is 1. The maximum Gasteiger partial charge on any atom is 0.416 e. The van der Waals surface area contributed by atoms with E-state index in [4.69, 9.17) is 5.73 Å². The Labute approximate surface area is 121 Å². The highest BCUT2D eigenvalue weighted by molar-refractivity contribution is 5.79. The maximum absolute atomic E-state index is 13.0. The summed E-state index contributed by atoms with van der Waals surface area (Å²) in [5.41, 5.74) is 4.95. The van der Waals surface area contributed by atoms with Gasteiger partial charge in [-0.2, -0.15) is 13.2 Å². The van der Waals surface area contributed by atoms with E-state index in [1.165, 1.54) is 12.1 Å². The summed E-state index contributed by atoms with van der Waals surface area (Å²) in [6.07, 6.45) is -2.72. The van der Waals surface area contributed by atoms with E-state index in [-0.39, 0.29) is 36.5 Å². The quantitative estimate of drug-likeness (QED) is 0.909. The molecular weight excluding hydrogens is 281 g/mol. The molecule has 0 aliphatic heterocycles. The van der Waals surface area contributed by atoms with Crippen molar-refractivity contribution in [2.24, 2.45) is 11.7 Å². The van der Waals surface area contributed by atoms with Crippen LogP contribution in [0.3, 0.4) is 0 Å². The van der Waals surface area contributed by atoms with Crippen LogP contribution in [0.25, 0.3) is 0 Å². The molecule has 1 fully saturated rings. The number of amides is 1. The average molecular weight is 300 g/mol. The zero-order chi connectivity index (χ0) is 15.6. The maximum atomic E-state index is 13.0. The summed E-state index contributed by atoms with van der Waals surface area (Å²) in [5, 5.41) is 0. The fourth-order valence-corrected chi connectivity index (χ4v) is 2.28. The van der Waals surface area contributed by atoms with Crippen molar-refractivity contribution in [3.05, 3.63) is 35.4 Å². The first kappa shape index (κ1) is 15.8. The van der Waals surface area contributed by atoms with Gasteiger partial charge in [-0.25, -0.2) is 0 Å². The lowest BCUT2D eigenvalue weighted by atomic mass is 10.0. The van der Waals surface area contributed by atoms with Gasteiger partial charge in [0.2, 0.25) is 5.91 Å². The molecule has 0 aromatic heterocycles. The van der Waals surface area contributed by atoms with Gasteiger partial charge in [-0.3, -0.25) is 4.79 Å². The Morgan fingerprint density at radius 3 is 2.52 bits per heavy atom. The molecule has 0 radical (unpaired) electrons. The number of alkyl halides is 3. The van der Waals surface area contributed by atoms with Gasteiger partial charge in [-0.05, 0) is 24.5 Å². The summed E-state index contributed by atoms with van der Waals surface area (Å²) in [6.45, 7) is 1.89. The first-order valence-electron chi connectivity index (χ1n) is 7.00. The number of hydrogen-bond donors (Lipinski definition) is 1. The third-order valence-electron chi connectivity index (χ3n) is 3.71. The van der Waals surface area contributed by atoms with E-state index < -0.39 is 11.7 Å². The monoisotopic (exact) mass is 300 g/mol. The van der Waals surface area contributed by atoms with E-state index in [1.807, 2.05) is 0 Å². The van der Waals surface area contributed by atoms with Gasteiger partial charge >= 0.3 is 6.18 Å². The Hall–Kier alpha value is -1.56. The van der Waals surface area contributed by atoms with Gasteiger partial charge in [0.05, 0.1) is 5.56 Å². The van der Waals surface area contributed by atoms with Gasteiger partial charge < -0.3 is 10.6 Å². The van der Waals surface area contributed by atoms with E-state index in [2.05, 4.69) is 0 Å². The SMILES string of the molecule is CC(CN)C(=O)N(Cc1ccccc1C(F)(F)F)C1CC1. The second-order valence-electron chi connectivity index (χ2n) is 5.49. The van der Waals surface area contributed by atoms with E-state index in [9.17, 15) is 18.0 Å². The van der Waals surface area contributed by atoms with Gasteiger partial charge in [-0.15, -0.1) is 0 Å². The highest BCUT2D eigenvalue weighted by atomic mass is 19.4. The smallest absolute Gasteiger partial charge is 0.335 e. The van der Waals surface area contributed by atoms with Crippen LogP contribution in [0.2, 0.25) is 0 Å². The van der Waals surface area contributed by atoms with E-state index in [0.717, 1.165) is 18.9 Å². The molecule has 1 aliphatic carbocycles. The molecular formula is C15H19F3N2O. The normalized spacial score (nSPS) is 16.6. The van der Waals surface area contributed by atoms with Crippen LogP contribution < -0.4 is 5.73 Å². The predicted molar refractivity (Wildman–Crippen MR) is 73.2 cm³/mol. The second-order valence-corrected chi connectivity index (χ2v) is 5.49. The van der Waals surface area contributed by atoms with E-state index >= 15 is 0 Å². The van der Waals surface area contributed by atoms with Crippen molar-refractivity contribution < 1.29 is 18.0 Å². The number of carbonyl (C=O) groups is 1. The number of halogens is 3. The molecule has 1 aliphatic rings. The molecule has 0 bridgehead atoms. The fraction of sp³-hybridized carbons (Fsp3) is 0.533. The van der Waals surface area contributed by atoms with Crippen molar-refractivity contribution in [1.82, 2.24) is 4.90 Å². The molecule has 116 valence electrons. The molecule has 3 nitrogen and oxygen atoms in total. The predicted octanol–water partition coefficient (Wildman–Crippen LogP) is 2.79. The van der Waals surface area contributed by atoms with Crippen LogP contribution in [0, 0.1) is 5.92 Å². The van der Waals surface area contributed by atoms with Gasteiger partial charge in [-0.1, -0.05) is 25.1 Å². The summed E-state index contributed by atoms with van der Waals surface area (Å²) >= 11 is 0. The number of benzene rings is 1. The number of carbonyl (C=O) groups excluding carboxylic acids is 1. The van der Waals surface area contributed by atoms with E-state index in [0.29, 0.717) is 0 Å². The summed E-state index contributed by atoms with van der Waals surface area (Å²) in [6, 6.07) is 5.45. The third-order valence-corrected chi connectivity index (χ3v) is 3.71. The van der Waals surface area contributed by atoms with Gasteiger partial charge in [0.1, 0.15) is 0 Å². The van der Waals surface area contributed by atoms with Crippen molar-refractivity contribution in [2.45, 2.75) is 38.5 Å². The first-order chi connectivity index (χ1) is 9.84. The molecule has 0 spiro atoms. The molecule has 2 rings (SSSR count). The number of rotatable bonds is 5. The van der Waals surface area contributed by atoms with Crippen LogP contribution >= 0.6 is 0 Å². The van der Waals surface area contributed by atoms with Crippen LogP contribution in [0.1, 0.15) is 30.9 Å². The molecule has 1 aromatic rings. The molecule has 21 heavy (non-hydrogen) atoms. The number of nitrogens with two attached hydrogens (primary N) is 1. The molecule has 2 N–H and O–H groups in total. The Bertz CT molecular complexity index is 512. The van der Waals surface area contributed by atoms with Crippen LogP contribution in [0.5, 0.6) is 0 Å². The van der Waals surface area contributed by atoms with Crippen molar-refractivity contribution in [3.63, 3.8) is 0 Å². The van der Waals surface area contributed by atoms with E-state index in [1.54, 1.807) is 17.9 Å². The van der Waals surface area contributed by atoms with Crippen molar-refractivity contribution in [2.75, 3.05) is 6.54 Å². The second kappa shape index (κ2) is 6.05. The zero-order valence-electron chi connectivity index (χ0n) is 11.9. The Morgan fingerprint density at radius 2 is 2.00 bits per heavy atom. The molecule has 1 unspecified atom stereocenters. The van der Waals surface area contributed by atoms with Gasteiger partial charge in [0, 0.05) is 25.0 Å². The Balaban J connectivity index is 2.24. The number of hydrogen-bond acceptors (Lipinski definition) is 2. The van der Waals surface area contributed by atoms with Crippen molar-refractivity contribution in [3.8, 4) is 0 Å². The lowest BCUT2D eigenvalue weighted by Crippen LogP contribution is -2.39. The van der Waals surface area contributed by atoms with Crippen LogP contribution in [0.15, 0.2) is 24.3 Å². The van der Waals surface area contributed by atoms with Crippen LogP contribution in [-0.4, -0.2) is 23.4 Å². The third kappa shape index (κ3) is 3.75. The standard InChI is InChI=1S/C15H19F3N2O/c1-10(8-19)14(21)20(12-6-7-12)9-11-4-2-3-5-13(11)15(16,17)18/h2-5,10,12H,6-9,19H2,1H3. The zero-order valence-corrected chi connectivity index (χ0v) is 11.9. The summed E-state index contributed by atoms with van der Waals surface area (Å²) in [4.78, 5) is 13.8. The fourth-order valence-electron chi connectivity index (χ4n) is 2.28. The molecule has 0 heterocycles. The lowest BCUT2D eigenvalue weighted by Gasteiger charge is -2.26. The van der Waals surface area contributed by atoms with Crippen LogP contribution in [0.4, 0.5) is 13.2 Å². The summed E-state index contributed by atoms with van der Waals surface area (Å²) in [7, 11) is 0. The summed E-state index contributed by atoms with van der Waals surface area (Å²) < 4.78 is 39.1. The molecule has 1 atom stereocenters. The highest BCUT2D eigenvalue weighted by Crippen LogP contribution is 2.35. The molecule has 1 aromatic carbocycles. The minimum absolute atomic E-state index is 0.0104. The van der Waals surface area contributed by atoms with Gasteiger partial charge in [0.15, 0.2) is 0 Å².